The van der Waals surface area contributed by atoms with E-state index < -0.39 is 42.2 Å². The Labute approximate surface area is 185 Å². The van der Waals surface area contributed by atoms with Crippen LogP contribution in [0.2, 0.25) is 0 Å². The monoisotopic (exact) mass is 443 g/mol. The molecule has 0 radical (unpaired) electrons. The fourth-order valence-corrected chi connectivity index (χ4v) is 2.96. The van der Waals surface area contributed by atoms with Crippen molar-refractivity contribution < 1.29 is 24.3 Å². The van der Waals surface area contributed by atoms with Gasteiger partial charge in [-0.05, 0) is 19.8 Å². The van der Waals surface area contributed by atoms with E-state index in [1.54, 1.807) is 41.5 Å². The molecule has 10 heteroatoms. The second-order valence-electron chi connectivity index (χ2n) is 8.96. The Hall–Kier alpha value is -2.04. The van der Waals surface area contributed by atoms with Gasteiger partial charge < -0.3 is 26.8 Å². The van der Waals surface area contributed by atoms with Crippen molar-refractivity contribution in [3.05, 3.63) is 0 Å². The fourth-order valence-electron chi connectivity index (χ4n) is 2.96. The summed E-state index contributed by atoms with van der Waals surface area (Å²) in [5.74, 6) is -2.26. The molecule has 0 saturated heterocycles. The van der Waals surface area contributed by atoms with Gasteiger partial charge in [0.2, 0.25) is 17.7 Å². The van der Waals surface area contributed by atoms with E-state index in [1.807, 2.05) is 13.8 Å². The van der Waals surface area contributed by atoms with E-state index in [0.29, 0.717) is 0 Å². The van der Waals surface area contributed by atoms with E-state index in [4.69, 9.17) is 5.73 Å². The Morgan fingerprint density at radius 2 is 1.39 bits per heavy atom. The molecule has 7 N–H and O–H groups in total. The highest BCUT2D eigenvalue weighted by Gasteiger charge is 2.32. The van der Waals surface area contributed by atoms with Gasteiger partial charge in [-0.1, -0.05) is 41.5 Å². The van der Waals surface area contributed by atoms with Gasteiger partial charge >= 0.3 is 0 Å². The summed E-state index contributed by atoms with van der Waals surface area (Å²) < 4.78 is 0. The lowest BCUT2D eigenvalue weighted by molar-refractivity contribution is -0.133. The van der Waals surface area contributed by atoms with Crippen LogP contribution >= 0.6 is 0 Å². The number of Topliss-reactive ketones (excluding diaryl/α,β-unsaturated/α-hetero) is 1. The van der Waals surface area contributed by atoms with Crippen LogP contribution in [0.3, 0.4) is 0 Å². The van der Waals surface area contributed by atoms with Crippen LogP contribution in [0.1, 0.15) is 61.8 Å². The molecule has 180 valence electrons. The van der Waals surface area contributed by atoms with Crippen LogP contribution in [-0.2, 0) is 19.2 Å². The lowest BCUT2D eigenvalue weighted by Gasteiger charge is -2.29. The van der Waals surface area contributed by atoms with Crippen molar-refractivity contribution in [1.82, 2.24) is 21.3 Å². The lowest BCUT2D eigenvalue weighted by Crippen LogP contribution is -2.59. The Kier molecular flexibility index (Phi) is 12.5. The van der Waals surface area contributed by atoms with Crippen LogP contribution in [0, 0.1) is 11.8 Å². The van der Waals surface area contributed by atoms with Gasteiger partial charge in [-0.3, -0.25) is 24.5 Å². The number of aliphatic hydroxyl groups is 1. The molecule has 0 heterocycles. The number of hydrogen-bond donors (Lipinski definition) is 6. The van der Waals surface area contributed by atoms with Gasteiger partial charge in [0.15, 0.2) is 5.78 Å². The molecule has 31 heavy (non-hydrogen) atoms. The number of amides is 3. The van der Waals surface area contributed by atoms with Crippen LogP contribution in [0.25, 0.3) is 0 Å². The number of ketones is 1. The molecule has 0 aromatic carbocycles. The third-order valence-corrected chi connectivity index (χ3v) is 4.75. The Morgan fingerprint density at radius 3 is 1.81 bits per heavy atom. The summed E-state index contributed by atoms with van der Waals surface area (Å²) in [4.78, 5) is 48.9. The zero-order chi connectivity index (χ0) is 24.5. The highest BCUT2D eigenvalue weighted by molar-refractivity contribution is 5.93. The van der Waals surface area contributed by atoms with E-state index in [0.717, 1.165) is 0 Å². The van der Waals surface area contributed by atoms with E-state index in [9.17, 15) is 24.3 Å². The Balaban J connectivity index is 5.22. The minimum absolute atomic E-state index is 0.102. The van der Waals surface area contributed by atoms with Crippen molar-refractivity contribution in [2.45, 2.75) is 98.2 Å². The summed E-state index contributed by atoms with van der Waals surface area (Å²) >= 11 is 0. The third kappa shape index (κ3) is 10.7. The molecule has 0 aliphatic carbocycles. The molecule has 5 atom stereocenters. The van der Waals surface area contributed by atoms with Crippen molar-refractivity contribution in [1.29, 1.82) is 0 Å². The van der Waals surface area contributed by atoms with Gasteiger partial charge in [0.1, 0.15) is 6.23 Å². The molecular weight excluding hydrogens is 402 g/mol. The van der Waals surface area contributed by atoms with Crippen LogP contribution in [-0.4, -0.2) is 65.0 Å². The highest BCUT2D eigenvalue weighted by atomic mass is 16.3. The zero-order valence-corrected chi connectivity index (χ0v) is 20.0. The average molecular weight is 444 g/mol. The average Bonchev–Trinajstić information content (AvgIpc) is 2.63. The molecule has 0 aromatic rings. The zero-order valence-electron chi connectivity index (χ0n) is 20.0. The predicted octanol–water partition coefficient (Wildman–Crippen LogP) is -0.604. The molecular formula is C21H41N5O5. The van der Waals surface area contributed by atoms with Gasteiger partial charge in [0.05, 0.1) is 30.6 Å². The van der Waals surface area contributed by atoms with E-state index in [2.05, 4.69) is 21.3 Å². The number of nitrogens with two attached hydrogens (primary N) is 1. The number of hydrogen-bond acceptors (Lipinski definition) is 7. The van der Waals surface area contributed by atoms with Crippen LogP contribution in [0.15, 0.2) is 0 Å². The first kappa shape index (κ1) is 29.0. The van der Waals surface area contributed by atoms with Crippen LogP contribution < -0.4 is 27.0 Å². The first-order valence-corrected chi connectivity index (χ1v) is 10.8. The van der Waals surface area contributed by atoms with Crippen molar-refractivity contribution in [2.75, 3.05) is 0 Å². The number of aliphatic hydroxyl groups excluding tert-OH is 1. The first-order chi connectivity index (χ1) is 14.2. The standard InChI is InChI=1S/C21H41N5O5/c1-10(2)17(18(28)11(3)4)26-21(31)15(9-16(22)27)25-20(30)14(8)24-19(29)13(7)23-12(5)6/h10-15,17,20,23,25,30H,9H2,1-8H3,(H2,22,27)(H,24,29)(H,26,31). The molecule has 0 aliphatic rings. The maximum Gasteiger partial charge on any atom is 0.238 e. The van der Waals surface area contributed by atoms with Gasteiger partial charge in [0.25, 0.3) is 0 Å². The summed E-state index contributed by atoms with van der Waals surface area (Å²) in [5.41, 5.74) is 5.26. The molecule has 0 spiro atoms. The number of nitrogens with one attached hydrogen (secondary N) is 4. The molecule has 10 nitrogen and oxygen atoms in total. The normalized spacial score (nSPS) is 16.5. The summed E-state index contributed by atoms with van der Waals surface area (Å²) in [5, 5.41) is 21.5. The quantitative estimate of drug-likeness (QED) is 0.195. The molecule has 3 amide bonds. The minimum Gasteiger partial charge on any atom is -0.376 e. The lowest BCUT2D eigenvalue weighted by atomic mass is 9.92. The largest absolute Gasteiger partial charge is 0.376 e. The molecule has 5 unspecified atom stereocenters. The SMILES string of the molecule is CC(C)NC(C)C(=O)NC(C)C(O)NC(CC(N)=O)C(=O)NC(C(=O)C(C)C)C(C)C. The Morgan fingerprint density at radius 1 is 0.839 bits per heavy atom. The number of carbonyl (C=O) groups excluding carboxylic acids is 4. The summed E-state index contributed by atoms with van der Waals surface area (Å²) in [7, 11) is 0. The minimum atomic E-state index is -1.33. The van der Waals surface area contributed by atoms with E-state index in [-0.39, 0.29) is 36.0 Å². The second kappa shape index (κ2) is 13.4. The maximum atomic E-state index is 12.8. The van der Waals surface area contributed by atoms with Gasteiger partial charge in [-0.15, -0.1) is 0 Å². The summed E-state index contributed by atoms with van der Waals surface area (Å²) in [6, 6.07) is -3.04. The van der Waals surface area contributed by atoms with Crippen molar-refractivity contribution in [3.63, 3.8) is 0 Å². The van der Waals surface area contributed by atoms with Crippen molar-refractivity contribution in [2.24, 2.45) is 17.6 Å². The molecule has 0 fully saturated rings. The van der Waals surface area contributed by atoms with Crippen LogP contribution in [0.4, 0.5) is 0 Å². The molecule has 0 saturated carbocycles. The van der Waals surface area contributed by atoms with Crippen molar-refractivity contribution >= 4 is 23.5 Å². The molecule has 0 bridgehead atoms. The summed E-state index contributed by atoms with van der Waals surface area (Å²) in [6.07, 6.45) is -1.71. The topological polar surface area (TPSA) is 163 Å². The Bertz CT molecular complexity index is 623. The first-order valence-electron chi connectivity index (χ1n) is 10.8. The third-order valence-electron chi connectivity index (χ3n) is 4.75. The molecule has 0 aliphatic heterocycles. The van der Waals surface area contributed by atoms with E-state index in [1.165, 1.54) is 0 Å². The maximum absolute atomic E-state index is 12.8. The van der Waals surface area contributed by atoms with Crippen molar-refractivity contribution in [3.8, 4) is 0 Å². The fraction of sp³-hybridized carbons (Fsp3) is 0.810. The number of primary amides is 1. The van der Waals surface area contributed by atoms with Gasteiger partial charge in [0, 0.05) is 12.0 Å². The van der Waals surface area contributed by atoms with E-state index >= 15 is 0 Å². The summed E-state index contributed by atoms with van der Waals surface area (Å²) in [6.45, 7) is 14.2. The second-order valence-corrected chi connectivity index (χ2v) is 8.96. The van der Waals surface area contributed by atoms with Gasteiger partial charge in [-0.25, -0.2) is 0 Å². The van der Waals surface area contributed by atoms with Crippen LogP contribution in [0.5, 0.6) is 0 Å². The number of carbonyl (C=O) groups is 4. The van der Waals surface area contributed by atoms with Gasteiger partial charge in [-0.2, -0.15) is 0 Å². The molecule has 0 rings (SSSR count). The predicted molar refractivity (Wildman–Crippen MR) is 119 cm³/mol. The number of rotatable bonds is 14. The molecule has 0 aromatic heterocycles. The smallest absolute Gasteiger partial charge is 0.238 e. The highest BCUT2D eigenvalue weighted by Crippen LogP contribution is 2.10.